The molecule has 0 aliphatic heterocycles. The van der Waals surface area contributed by atoms with E-state index >= 15 is 0 Å². The van der Waals surface area contributed by atoms with Gasteiger partial charge in [-0.2, -0.15) is 0 Å². The number of hydrogen-bond donors (Lipinski definition) is 2. The molecule has 3 rings (SSSR count). The summed E-state index contributed by atoms with van der Waals surface area (Å²) in [4.78, 5) is 5.91. The van der Waals surface area contributed by atoms with Gasteiger partial charge in [0.05, 0.1) is 5.69 Å². The van der Waals surface area contributed by atoms with Crippen LogP contribution in [-0.4, -0.2) is 21.3 Å². The van der Waals surface area contributed by atoms with Crippen molar-refractivity contribution in [3.05, 3.63) is 69.6 Å². The molecule has 0 atom stereocenters. The minimum absolute atomic E-state index is 0.137. The van der Waals surface area contributed by atoms with Crippen molar-refractivity contribution >= 4 is 40.7 Å². The molecule has 0 aliphatic rings. The number of aryl methyl sites for hydroxylation is 1. The number of imidazole rings is 1. The zero-order chi connectivity index (χ0) is 21.0. The number of aliphatic hydroxyl groups excluding tert-OH is 1. The number of aromatic nitrogens is 2. The van der Waals surface area contributed by atoms with Gasteiger partial charge in [0.1, 0.15) is 10.9 Å². The van der Waals surface area contributed by atoms with Crippen molar-refractivity contribution in [2.75, 3.05) is 12.3 Å². The highest BCUT2D eigenvalue weighted by Gasteiger charge is 2.21. The molecule has 2 aromatic carbocycles. The molecule has 0 unspecified atom stereocenters. The normalized spacial score (nSPS) is 11.4. The number of halogens is 2. The van der Waals surface area contributed by atoms with Gasteiger partial charge < -0.3 is 15.4 Å². The Balaban J connectivity index is 2.06. The van der Waals surface area contributed by atoms with E-state index < -0.39 is 0 Å². The van der Waals surface area contributed by atoms with Crippen LogP contribution in [0.4, 0.5) is 5.69 Å². The second-order valence-corrected chi connectivity index (χ2v) is 9.17. The van der Waals surface area contributed by atoms with Gasteiger partial charge in [0.2, 0.25) is 0 Å². The summed E-state index contributed by atoms with van der Waals surface area (Å²) in [6, 6.07) is 13.4. The second kappa shape index (κ2) is 9.90. The van der Waals surface area contributed by atoms with Crippen LogP contribution in [0.1, 0.15) is 43.3 Å². The number of anilines is 1. The first kappa shape index (κ1) is 22.0. The van der Waals surface area contributed by atoms with Crippen LogP contribution in [0.5, 0.6) is 0 Å². The van der Waals surface area contributed by atoms with Crippen LogP contribution in [0, 0.1) is 0 Å². The lowest BCUT2D eigenvalue weighted by Gasteiger charge is -2.14. The predicted molar refractivity (Wildman–Crippen MR) is 122 cm³/mol. The van der Waals surface area contributed by atoms with E-state index in [4.69, 9.17) is 33.9 Å². The van der Waals surface area contributed by atoms with Crippen molar-refractivity contribution < 1.29 is 5.11 Å². The van der Waals surface area contributed by atoms with Gasteiger partial charge in [-0.15, -0.1) is 0 Å². The maximum Gasteiger partial charge on any atom is 0.110 e. The third-order valence-electron chi connectivity index (χ3n) is 4.50. The van der Waals surface area contributed by atoms with Gasteiger partial charge in [-0.1, -0.05) is 60.9 Å². The maximum absolute atomic E-state index is 9.33. The molecule has 154 valence electrons. The summed E-state index contributed by atoms with van der Waals surface area (Å²) >= 11 is 14.1. The van der Waals surface area contributed by atoms with E-state index in [-0.39, 0.29) is 12.5 Å². The molecule has 3 aromatic rings. The largest absolute Gasteiger partial charge is 0.399 e. The average molecular weight is 450 g/mol. The van der Waals surface area contributed by atoms with Crippen LogP contribution in [0.3, 0.4) is 0 Å². The minimum Gasteiger partial charge on any atom is -0.399 e. The van der Waals surface area contributed by atoms with Crippen molar-refractivity contribution in [1.29, 1.82) is 0 Å². The molecule has 3 N–H and O–H groups in total. The van der Waals surface area contributed by atoms with E-state index in [1.54, 1.807) is 17.8 Å². The van der Waals surface area contributed by atoms with Crippen LogP contribution in [0.25, 0.3) is 0 Å². The zero-order valence-electron chi connectivity index (χ0n) is 16.5. The van der Waals surface area contributed by atoms with Crippen LogP contribution >= 0.6 is 35.0 Å². The standard InChI is InChI=1S/C22H25Cl2N3OS/c1-14(2)21-22(29-19-11-16(23)10-17(24)12-19)27(20(26-21)4-3-9-28)13-15-5-7-18(25)8-6-15/h5-8,10-12,14,28H,3-4,9,13,25H2,1-2H3. The number of nitrogens with two attached hydrogens (primary N) is 1. The van der Waals surface area contributed by atoms with Gasteiger partial charge >= 0.3 is 0 Å². The topological polar surface area (TPSA) is 64.1 Å². The van der Waals surface area contributed by atoms with E-state index in [9.17, 15) is 5.11 Å². The summed E-state index contributed by atoms with van der Waals surface area (Å²) < 4.78 is 2.23. The zero-order valence-corrected chi connectivity index (χ0v) is 18.9. The highest BCUT2D eigenvalue weighted by atomic mass is 35.5. The summed E-state index contributed by atoms with van der Waals surface area (Å²) in [6.07, 6.45) is 1.38. The Morgan fingerprint density at radius 3 is 2.34 bits per heavy atom. The van der Waals surface area contributed by atoms with Gasteiger partial charge in [0.15, 0.2) is 0 Å². The number of nitrogen functional groups attached to an aromatic ring is 1. The Labute approximate surface area is 186 Å². The van der Waals surface area contributed by atoms with Crippen molar-refractivity contribution in [3.63, 3.8) is 0 Å². The monoisotopic (exact) mass is 449 g/mol. The molecular weight excluding hydrogens is 425 g/mol. The fourth-order valence-electron chi connectivity index (χ4n) is 3.08. The Hall–Kier alpha value is -1.66. The molecular formula is C22H25Cl2N3OS. The lowest BCUT2D eigenvalue weighted by atomic mass is 10.1. The van der Waals surface area contributed by atoms with E-state index in [2.05, 4.69) is 18.4 Å². The lowest BCUT2D eigenvalue weighted by molar-refractivity contribution is 0.287. The number of aliphatic hydroxyl groups is 1. The Morgan fingerprint density at radius 2 is 1.76 bits per heavy atom. The molecule has 4 nitrogen and oxygen atoms in total. The molecule has 1 heterocycles. The molecule has 0 aliphatic carbocycles. The van der Waals surface area contributed by atoms with Gasteiger partial charge in [-0.25, -0.2) is 4.98 Å². The molecule has 0 fully saturated rings. The highest BCUT2D eigenvalue weighted by Crippen LogP contribution is 2.37. The molecule has 29 heavy (non-hydrogen) atoms. The number of nitrogens with zero attached hydrogens (tertiary/aromatic N) is 2. The predicted octanol–water partition coefficient (Wildman–Crippen LogP) is 6.02. The molecule has 0 amide bonds. The third-order valence-corrected chi connectivity index (χ3v) is 6.03. The van der Waals surface area contributed by atoms with E-state index in [0.717, 1.165) is 32.7 Å². The van der Waals surface area contributed by atoms with Crippen molar-refractivity contribution in [1.82, 2.24) is 9.55 Å². The first-order chi connectivity index (χ1) is 13.9. The molecule has 0 bridgehead atoms. The van der Waals surface area contributed by atoms with Crippen LogP contribution in [0.2, 0.25) is 10.0 Å². The first-order valence-electron chi connectivity index (χ1n) is 9.56. The van der Waals surface area contributed by atoms with E-state index in [1.807, 2.05) is 36.4 Å². The SMILES string of the molecule is CC(C)c1nc(CCCO)n(Cc2ccc(N)cc2)c1Sc1cc(Cl)cc(Cl)c1. The van der Waals surface area contributed by atoms with Crippen LogP contribution in [-0.2, 0) is 13.0 Å². The van der Waals surface area contributed by atoms with Crippen molar-refractivity contribution in [2.45, 2.75) is 49.1 Å². The summed E-state index contributed by atoms with van der Waals surface area (Å²) in [6.45, 7) is 5.09. The molecule has 0 radical (unpaired) electrons. The van der Waals surface area contributed by atoms with Crippen molar-refractivity contribution in [3.8, 4) is 0 Å². The minimum atomic E-state index is 0.137. The summed E-state index contributed by atoms with van der Waals surface area (Å²) in [5.74, 6) is 1.22. The van der Waals surface area contributed by atoms with Gasteiger partial charge in [-0.05, 0) is 48.2 Å². The number of rotatable bonds is 8. The van der Waals surface area contributed by atoms with Crippen LogP contribution < -0.4 is 5.73 Å². The average Bonchev–Trinajstić information content (AvgIpc) is 2.98. The summed E-state index contributed by atoms with van der Waals surface area (Å²) in [5, 5.41) is 11.6. The molecule has 7 heteroatoms. The van der Waals surface area contributed by atoms with Gasteiger partial charge in [0.25, 0.3) is 0 Å². The van der Waals surface area contributed by atoms with Gasteiger partial charge in [0, 0.05) is 40.2 Å². The summed E-state index contributed by atoms with van der Waals surface area (Å²) in [7, 11) is 0. The third kappa shape index (κ3) is 5.70. The second-order valence-electron chi connectivity index (χ2n) is 7.24. The van der Waals surface area contributed by atoms with Crippen LogP contribution in [0.15, 0.2) is 52.4 Å². The number of benzene rings is 2. The Bertz CT molecular complexity index is 951. The number of hydrogen-bond acceptors (Lipinski definition) is 4. The Morgan fingerprint density at radius 1 is 1.10 bits per heavy atom. The van der Waals surface area contributed by atoms with Crippen molar-refractivity contribution in [2.24, 2.45) is 0 Å². The summed E-state index contributed by atoms with van der Waals surface area (Å²) in [5.41, 5.74) is 8.76. The Kier molecular flexibility index (Phi) is 7.52. The van der Waals surface area contributed by atoms with E-state index in [0.29, 0.717) is 29.4 Å². The first-order valence-corrected chi connectivity index (χ1v) is 11.1. The fourth-order valence-corrected chi connectivity index (χ4v) is 5.00. The quantitative estimate of drug-likeness (QED) is 0.412. The lowest BCUT2D eigenvalue weighted by Crippen LogP contribution is -2.07. The van der Waals surface area contributed by atoms with Gasteiger partial charge in [-0.3, -0.25) is 0 Å². The smallest absolute Gasteiger partial charge is 0.110 e. The van der Waals surface area contributed by atoms with E-state index in [1.165, 1.54) is 0 Å². The molecule has 1 aromatic heterocycles. The molecule has 0 spiro atoms. The molecule has 0 saturated heterocycles. The molecule has 0 saturated carbocycles. The maximum atomic E-state index is 9.33. The fraction of sp³-hybridized carbons (Fsp3) is 0.318. The highest BCUT2D eigenvalue weighted by molar-refractivity contribution is 7.99.